The van der Waals surface area contributed by atoms with E-state index in [4.69, 9.17) is 15.2 Å². The van der Waals surface area contributed by atoms with Crippen LogP contribution in [-0.2, 0) is 4.74 Å². The van der Waals surface area contributed by atoms with Gasteiger partial charge in [-0.25, -0.2) is 0 Å². The van der Waals surface area contributed by atoms with Crippen LogP contribution in [0.15, 0.2) is 12.1 Å². The number of rotatable bonds is 4. The molecule has 2 N–H and O–H groups in total. The Morgan fingerprint density at radius 2 is 1.95 bits per heavy atom. The molecule has 1 atom stereocenters. The lowest BCUT2D eigenvalue weighted by atomic mass is 9.96. The zero-order valence-corrected chi connectivity index (χ0v) is 12.1. The van der Waals surface area contributed by atoms with E-state index in [0.29, 0.717) is 0 Å². The Morgan fingerprint density at radius 1 is 1.26 bits per heavy atom. The van der Waals surface area contributed by atoms with Gasteiger partial charge >= 0.3 is 0 Å². The van der Waals surface area contributed by atoms with Crippen LogP contribution in [0.5, 0.6) is 5.75 Å². The Bertz CT molecular complexity index is 428. The van der Waals surface area contributed by atoms with Gasteiger partial charge in [0.15, 0.2) is 0 Å². The van der Waals surface area contributed by atoms with Gasteiger partial charge in [-0.1, -0.05) is 6.07 Å². The Hall–Kier alpha value is -1.10. The van der Waals surface area contributed by atoms with Gasteiger partial charge in [0.25, 0.3) is 0 Å². The molecule has 1 fully saturated rings. The van der Waals surface area contributed by atoms with Gasteiger partial charge in [-0.05, 0) is 36.6 Å². The number of ether oxygens (including phenoxy) is 2. The second-order valence-electron chi connectivity index (χ2n) is 5.13. The maximum atomic E-state index is 6.36. The largest absolute Gasteiger partial charge is 0.496 e. The smallest absolute Gasteiger partial charge is 0.122 e. The van der Waals surface area contributed by atoms with Crippen molar-refractivity contribution >= 4 is 0 Å². The van der Waals surface area contributed by atoms with E-state index in [0.717, 1.165) is 38.6 Å². The normalized spacial score (nSPS) is 18.3. The van der Waals surface area contributed by atoms with Crippen LogP contribution in [0.1, 0.15) is 22.7 Å². The first kappa shape index (κ1) is 14.3. The summed E-state index contributed by atoms with van der Waals surface area (Å²) in [5, 5.41) is 0. The minimum atomic E-state index is 0.0442. The van der Waals surface area contributed by atoms with Crippen LogP contribution in [0.4, 0.5) is 0 Å². The van der Waals surface area contributed by atoms with Gasteiger partial charge in [-0.2, -0.15) is 0 Å². The summed E-state index contributed by atoms with van der Waals surface area (Å²) in [5.74, 6) is 0.930. The maximum Gasteiger partial charge on any atom is 0.122 e. The molecule has 0 aromatic heterocycles. The van der Waals surface area contributed by atoms with E-state index in [2.05, 4.69) is 24.8 Å². The summed E-state index contributed by atoms with van der Waals surface area (Å²) < 4.78 is 10.7. The van der Waals surface area contributed by atoms with Gasteiger partial charge < -0.3 is 15.2 Å². The number of methoxy groups -OCH3 is 1. The highest BCUT2D eigenvalue weighted by Crippen LogP contribution is 2.27. The fourth-order valence-electron chi connectivity index (χ4n) is 2.60. The highest BCUT2D eigenvalue weighted by Gasteiger charge is 2.18. The van der Waals surface area contributed by atoms with Gasteiger partial charge in [0.05, 0.1) is 20.3 Å². The van der Waals surface area contributed by atoms with Crippen LogP contribution in [0.25, 0.3) is 0 Å². The topological polar surface area (TPSA) is 47.7 Å². The highest BCUT2D eigenvalue weighted by molar-refractivity contribution is 5.44. The zero-order chi connectivity index (χ0) is 13.8. The average Bonchev–Trinajstić information content (AvgIpc) is 2.42. The lowest BCUT2D eigenvalue weighted by molar-refractivity contribution is 0.0352. The molecular formula is C15H24N2O2. The molecule has 1 aromatic rings. The third kappa shape index (κ3) is 3.26. The lowest BCUT2D eigenvalue weighted by Crippen LogP contribution is -2.40. The van der Waals surface area contributed by atoms with Gasteiger partial charge in [0, 0.05) is 25.7 Å². The number of nitrogens with two attached hydrogens (primary N) is 1. The van der Waals surface area contributed by atoms with E-state index in [-0.39, 0.29) is 6.04 Å². The maximum absolute atomic E-state index is 6.36. The molecule has 4 heteroatoms. The third-order valence-corrected chi connectivity index (χ3v) is 3.96. The fraction of sp³-hybridized carbons (Fsp3) is 0.600. The van der Waals surface area contributed by atoms with Crippen molar-refractivity contribution in [1.82, 2.24) is 4.90 Å². The van der Waals surface area contributed by atoms with Crippen LogP contribution >= 0.6 is 0 Å². The quantitative estimate of drug-likeness (QED) is 0.898. The second-order valence-corrected chi connectivity index (χ2v) is 5.13. The van der Waals surface area contributed by atoms with Crippen molar-refractivity contribution in [2.75, 3.05) is 40.0 Å². The van der Waals surface area contributed by atoms with Gasteiger partial charge in [0.2, 0.25) is 0 Å². The first-order chi connectivity index (χ1) is 9.13. The molecule has 1 aromatic carbocycles. The van der Waals surface area contributed by atoms with Gasteiger partial charge in [-0.3, -0.25) is 4.90 Å². The monoisotopic (exact) mass is 264 g/mol. The molecule has 0 aliphatic carbocycles. The van der Waals surface area contributed by atoms with Crippen molar-refractivity contribution < 1.29 is 9.47 Å². The van der Waals surface area contributed by atoms with E-state index in [1.807, 2.05) is 6.07 Å². The Kier molecular flexibility index (Phi) is 4.80. The molecule has 1 aliphatic heterocycles. The van der Waals surface area contributed by atoms with E-state index in [9.17, 15) is 0 Å². The number of benzene rings is 1. The lowest BCUT2D eigenvalue weighted by Gasteiger charge is -2.30. The molecule has 106 valence electrons. The second kappa shape index (κ2) is 6.37. The number of hydrogen-bond acceptors (Lipinski definition) is 4. The molecule has 1 aliphatic rings. The summed E-state index contributed by atoms with van der Waals surface area (Å²) in [7, 11) is 1.70. The molecule has 0 bridgehead atoms. The molecule has 0 amide bonds. The van der Waals surface area contributed by atoms with E-state index < -0.39 is 0 Å². The summed E-state index contributed by atoms with van der Waals surface area (Å²) in [6, 6.07) is 4.14. The predicted molar refractivity (Wildman–Crippen MR) is 76.7 cm³/mol. The molecule has 0 saturated carbocycles. The highest BCUT2D eigenvalue weighted by atomic mass is 16.5. The third-order valence-electron chi connectivity index (χ3n) is 3.96. The standard InChI is InChI=1S/C15H24N2O2/c1-11-12(2)15(18-3)5-4-13(11)14(16)10-17-6-8-19-9-7-17/h4-5,14H,6-10,16H2,1-3H3. The van der Waals surface area contributed by atoms with Crippen molar-refractivity contribution in [2.24, 2.45) is 5.73 Å². The van der Waals surface area contributed by atoms with Crippen molar-refractivity contribution in [3.8, 4) is 5.75 Å². The van der Waals surface area contributed by atoms with Crippen molar-refractivity contribution in [1.29, 1.82) is 0 Å². The predicted octanol–water partition coefficient (Wildman–Crippen LogP) is 1.64. The molecule has 0 spiro atoms. The molecule has 0 radical (unpaired) electrons. The van der Waals surface area contributed by atoms with Crippen LogP contribution in [-0.4, -0.2) is 44.9 Å². The molecule has 1 saturated heterocycles. The van der Waals surface area contributed by atoms with Gasteiger partial charge in [-0.15, -0.1) is 0 Å². The summed E-state index contributed by atoms with van der Waals surface area (Å²) in [4.78, 5) is 2.37. The Balaban J connectivity index is 2.10. The van der Waals surface area contributed by atoms with Gasteiger partial charge in [0.1, 0.15) is 5.75 Å². The summed E-state index contributed by atoms with van der Waals surface area (Å²) >= 11 is 0. The van der Waals surface area contributed by atoms with E-state index >= 15 is 0 Å². The average molecular weight is 264 g/mol. The van der Waals surface area contributed by atoms with Crippen LogP contribution in [0.2, 0.25) is 0 Å². The molecule has 1 heterocycles. The molecular weight excluding hydrogens is 240 g/mol. The van der Waals surface area contributed by atoms with Crippen molar-refractivity contribution in [3.63, 3.8) is 0 Å². The summed E-state index contributed by atoms with van der Waals surface area (Å²) in [5.41, 5.74) is 9.99. The molecule has 2 rings (SSSR count). The van der Waals surface area contributed by atoms with Crippen LogP contribution in [0, 0.1) is 13.8 Å². The molecule has 19 heavy (non-hydrogen) atoms. The zero-order valence-electron chi connectivity index (χ0n) is 12.1. The minimum absolute atomic E-state index is 0.0442. The van der Waals surface area contributed by atoms with E-state index in [1.54, 1.807) is 7.11 Å². The minimum Gasteiger partial charge on any atom is -0.496 e. The van der Waals surface area contributed by atoms with E-state index in [1.165, 1.54) is 16.7 Å². The Morgan fingerprint density at radius 3 is 2.58 bits per heavy atom. The van der Waals surface area contributed by atoms with Crippen molar-refractivity contribution in [2.45, 2.75) is 19.9 Å². The van der Waals surface area contributed by atoms with Crippen LogP contribution in [0.3, 0.4) is 0 Å². The summed E-state index contributed by atoms with van der Waals surface area (Å²) in [6.45, 7) is 8.66. The van der Waals surface area contributed by atoms with Crippen molar-refractivity contribution in [3.05, 3.63) is 28.8 Å². The number of morpholine rings is 1. The number of nitrogens with zero attached hydrogens (tertiary/aromatic N) is 1. The fourth-order valence-corrected chi connectivity index (χ4v) is 2.60. The first-order valence-corrected chi connectivity index (χ1v) is 6.83. The number of hydrogen-bond donors (Lipinski definition) is 1. The molecule has 1 unspecified atom stereocenters. The Labute approximate surface area is 115 Å². The molecule has 4 nitrogen and oxygen atoms in total. The SMILES string of the molecule is COc1ccc(C(N)CN2CCOCC2)c(C)c1C. The summed E-state index contributed by atoms with van der Waals surface area (Å²) in [6.07, 6.45) is 0. The van der Waals surface area contributed by atoms with Crippen LogP contribution < -0.4 is 10.5 Å². The first-order valence-electron chi connectivity index (χ1n) is 6.83.